The Morgan fingerprint density at radius 3 is 2.48 bits per heavy atom. The number of ether oxygens (including phenoxy) is 1. The van der Waals surface area contributed by atoms with Gasteiger partial charge < -0.3 is 4.74 Å². The van der Waals surface area contributed by atoms with Gasteiger partial charge in [0.05, 0.1) is 17.9 Å². The predicted molar refractivity (Wildman–Crippen MR) is 108 cm³/mol. The number of fused-ring (bicyclic) bond motifs is 2. The number of esters is 1. The molecule has 2 aromatic rings. The van der Waals surface area contributed by atoms with Gasteiger partial charge in [0.1, 0.15) is 17.3 Å². The lowest BCUT2D eigenvalue weighted by Crippen LogP contribution is -2.21. The number of rotatable bonds is 7. The normalized spacial score (nSPS) is 15.0. The van der Waals surface area contributed by atoms with Crippen molar-refractivity contribution >= 4 is 17.3 Å². The standard InChI is InChI=1S/C23H23N3O3/c1-3-5-8-15(4-2)14-29-23(28)18(13-24)19-16-9-6-12-26-21(16)22(27)17-10-7-11-25-20(17)19/h6-7,9-12,15H,3-5,8,14H2,1-2H3/b19-18+. The van der Waals surface area contributed by atoms with Crippen LogP contribution in [0.1, 0.15) is 66.8 Å². The van der Waals surface area contributed by atoms with Crippen LogP contribution >= 0.6 is 0 Å². The molecule has 0 spiro atoms. The van der Waals surface area contributed by atoms with Crippen LogP contribution in [0.5, 0.6) is 0 Å². The summed E-state index contributed by atoms with van der Waals surface area (Å²) in [6, 6.07) is 8.59. The summed E-state index contributed by atoms with van der Waals surface area (Å²) in [7, 11) is 0. The van der Waals surface area contributed by atoms with E-state index in [1.54, 1.807) is 24.3 Å². The summed E-state index contributed by atoms with van der Waals surface area (Å²) in [6.45, 7) is 4.45. The van der Waals surface area contributed by atoms with Crippen LogP contribution in [0, 0.1) is 17.2 Å². The third-order valence-electron chi connectivity index (χ3n) is 5.14. The Bertz CT molecular complexity index is 953. The third kappa shape index (κ3) is 4.09. The summed E-state index contributed by atoms with van der Waals surface area (Å²) in [5.41, 5.74) is 1.41. The van der Waals surface area contributed by atoms with E-state index in [0.717, 1.165) is 25.7 Å². The van der Waals surface area contributed by atoms with Gasteiger partial charge in [0.2, 0.25) is 5.78 Å². The molecule has 1 atom stereocenters. The van der Waals surface area contributed by atoms with Crippen molar-refractivity contribution in [1.29, 1.82) is 5.26 Å². The lowest BCUT2D eigenvalue weighted by Gasteiger charge is -2.21. The van der Waals surface area contributed by atoms with Crippen molar-refractivity contribution in [2.45, 2.75) is 39.5 Å². The zero-order chi connectivity index (χ0) is 20.8. The molecule has 0 saturated heterocycles. The monoisotopic (exact) mass is 389 g/mol. The number of pyridine rings is 2. The van der Waals surface area contributed by atoms with Gasteiger partial charge in [-0.05, 0) is 30.5 Å². The lowest BCUT2D eigenvalue weighted by molar-refractivity contribution is -0.139. The number of nitrogens with zero attached hydrogens (tertiary/aromatic N) is 3. The molecule has 0 amide bonds. The van der Waals surface area contributed by atoms with E-state index >= 15 is 0 Å². The van der Waals surface area contributed by atoms with Crippen molar-refractivity contribution in [2.24, 2.45) is 5.92 Å². The van der Waals surface area contributed by atoms with Gasteiger partial charge in [-0.2, -0.15) is 5.26 Å². The lowest BCUT2D eigenvalue weighted by atomic mass is 9.85. The van der Waals surface area contributed by atoms with Crippen molar-refractivity contribution in [3.05, 3.63) is 64.7 Å². The summed E-state index contributed by atoms with van der Waals surface area (Å²) in [5, 5.41) is 9.79. The fourth-order valence-electron chi connectivity index (χ4n) is 3.45. The molecule has 6 nitrogen and oxygen atoms in total. The summed E-state index contributed by atoms with van der Waals surface area (Å²) < 4.78 is 5.50. The maximum Gasteiger partial charge on any atom is 0.349 e. The summed E-state index contributed by atoms with van der Waals surface area (Å²) in [5.74, 6) is -0.710. The van der Waals surface area contributed by atoms with Crippen LogP contribution in [0.3, 0.4) is 0 Å². The van der Waals surface area contributed by atoms with Crippen LogP contribution in [0.2, 0.25) is 0 Å². The van der Waals surface area contributed by atoms with Gasteiger partial charge in [0, 0.05) is 23.5 Å². The minimum atomic E-state index is -0.696. The van der Waals surface area contributed by atoms with Gasteiger partial charge in [0.15, 0.2) is 0 Å². The van der Waals surface area contributed by atoms with E-state index in [9.17, 15) is 14.9 Å². The Kier molecular flexibility index (Phi) is 6.50. The first-order valence-electron chi connectivity index (χ1n) is 9.89. The quantitative estimate of drug-likeness (QED) is 0.343. The second kappa shape index (κ2) is 9.24. The van der Waals surface area contributed by atoms with Crippen LogP contribution < -0.4 is 0 Å². The molecule has 6 heteroatoms. The van der Waals surface area contributed by atoms with Crippen molar-refractivity contribution in [3.63, 3.8) is 0 Å². The molecule has 1 aliphatic rings. The van der Waals surface area contributed by atoms with E-state index in [1.807, 2.05) is 6.07 Å². The molecule has 0 N–H and O–H groups in total. The molecule has 0 saturated carbocycles. The van der Waals surface area contributed by atoms with Crippen LogP contribution in [0.15, 0.2) is 42.2 Å². The smallest absolute Gasteiger partial charge is 0.349 e. The number of hydrogen-bond donors (Lipinski definition) is 0. The highest BCUT2D eigenvalue weighted by molar-refractivity contribution is 6.20. The van der Waals surface area contributed by atoms with Crippen molar-refractivity contribution in [2.75, 3.05) is 6.61 Å². The Morgan fingerprint density at radius 2 is 1.83 bits per heavy atom. The van der Waals surface area contributed by atoms with Gasteiger partial charge in [0.25, 0.3) is 0 Å². The fourth-order valence-corrected chi connectivity index (χ4v) is 3.45. The molecule has 0 aliphatic heterocycles. The number of aromatic nitrogens is 2. The predicted octanol–water partition coefficient (Wildman–Crippen LogP) is 4.11. The molecule has 2 heterocycles. The van der Waals surface area contributed by atoms with Crippen LogP contribution in [0.4, 0.5) is 0 Å². The topological polar surface area (TPSA) is 92.9 Å². The molecule has 29 heavy (non-hydrogen) atoms. The maximum absolute atomic E-state index is 12.8. The van der Waals surface area contributed by atoms with Gasteiger partial charge in [-0.15, -0.1) is 0 Å². The highest BCUT2D eigenvalue weighted by Gasteiger charge is 2.33. The molecular formula is C23H23N3O3. The molecular weight excluding hydrogens is 366 g/mol. The molecule has 0 bridgehead atoms. The zero-order valence-electron chi connectivity index (χ0n) is 16.6. The molecule has 3 rings (SSSR count). The Morgan fingerprint density at radius 1 is 1.14 bits per heavy atom. The second-order valence-corrected chi connectivity index (χ2v) is 7.01. The Hall–Kier alpha value is -3.33. The van der Waals surface area contributed by atoms with Gasteiger partial charge >= 0.3 is 5.97 Å². The average Bonchev–Trinajstić information content (AvgIpc) is 2.76. The van der Waals surface area contributed by atoms with E-state index in [-0.39, 0.29) is 29.6 Å². The summed E-state index contributed by atoms with van der Waals surface area (Å²) in [4.78, 5) is 34.1. The van der Waals surface area contributed by atoms with Gasteiger partial charge in [-0.1, -0.05) is 39.2 Å². The third-order valence-corrected chi connectivity index (χ3v) is 5.14. The van der Waals surface area contributed by atoms with Crippen LogP contribution in [-0.2, 0) is 9.53 Å². The Balaban J connectivity index is 2.02. The van der Waals surface area contributed by atoms with Gasteiger partial charge in [-0.3, -0.25) is 14.8 Å². The second-order valence-electron chi connectivity index (χ2n) is 7.01. The molecule has 0 fully saturated rings. The summed E-state index contributed by atoms with van der Waals surface area (Å²) in [6.07, 6.45) is 7.08. The first-order chi connectivity index (χ1) is 14.1. The number of ketones is 1. The van der Waals surface area contributed by atoms with E-state index in [0.29, 0.717) is 22.4 Å². The van der Waals surface area contributed by atoms with E-state index in [4.69, 9.17) is 4.74 Å². The van der Waals surface area contributed by atoms with E-state index < -0.39 is 5.97 Å². The first kappa shape index (κ1) is 20.4. The summed E-state index contributed by atoms with van der Waals surface area (Å²) >= 11 is 0. The molecule has 2 aromatic heterocycles. The Labute approximate surface area is 170 Å². The average molecular weight is 389 g/mol. The van der Waals surface area contributed by atoms with Crippen LogP contribution in [0.25, 0.3) is 5.57 Å². The number of carbonyl (C=O) groups is 2. The van der Waals surface area contributed by atoms with E-state index in [1.165, 1.54) is 12.4 Å². The van der Waals surface area contributed by atoms with E-state index in [2.05, 4.69) is 23.8 Å². The zero-order valence-corrected chi connectivity index (χ0v) is 16.6. The molecule has 1 unspecified atom stereocenters. The fraction of sp³-hybridized carbons (Fsp3) is 0.348. The molecule has 0 aromatic carbocycles. The number of carbonyl (C=O) groups excluding carboxylic acids is 2. The SMILES string of the molecule is CCCCC(CC)COC(=O)/C(C#N)=C1\c2cccnc2C(=O)c2cccnc21. The van der Waals surface area contributed by atoms with Crippen molar-refractivity contribution < 1.29 is 14.3 Å². The minimum Gasteiger partial charge on any atom is -0.461 e. The minimum absolute atomic E-state index is 0.156. The number of hydrogen-bond acceptors (Lipinski definition) is 6. The highest BCUT2D eigenvalue weighted by atomic mass is 16.5. The highest BCUT2D eigenvalue weighted by Crippen LogP contribution is 2.35. The van der Waals surface area contributed by atoms with Crippen LogP contribution in [-0.4, -0.2) is 28.3 Å². The first-order valence-corrected chi connectivity index (χ1v) is 9.89. The molecule has 148 valence electrons. The largest absolute Gasteiger partial charge is 0.461 e. The molecule has 0 radical (unpaired) electrons. The number of unbranched alkanes of at least 4 members (excludes halogenated alkanes) is 1. The van der Waals surface area contributed by atoms with Gasteiger partial charge in [-0.25, -0.2) is 4.79 Å². The molecule has 1 aliphatic carbocycles. The van der Waals surface area contributed by atoms with Crippen molar-refractivity contribution in [1.82, 2.24) is 9.97 Å². The maximum atomic E-state index is 12.8. The van der Waals surface area contributed by atoms with Crippen molar-refractivity contribution in [3.8, 4) is 6.07 Å². The number of nitriles is 1.